The number of rotatable bonds is 1. The number of nitrogens with zero attached hydrogens (tertiary/aromatic N) is 1. The molecule has 0 bridgehead atoms. The molecule has 1 aliphatic heterocycles. The van der Waals surface area contributed by atoms with Gasteiger partial charge in [0, 0.05) is 13.1 Å². The van der Waals surface area contributed by atoms with Crippen LogP contribution in [0.2, 0.25) is 5.02 Å². The lowest BCUT2D eigenvalue weighted by atomic mass is 10.1. The minimum Gasteiger partial charge on any atom is -0.372 e. The van der Waals surface area contributed by atoms with Crippen LogP contribution in [0.25, 0.3) is 0 Å². The Hall–Kier alpha value is -1.13. The van der Waals surface area contributed by atoms with Crippen molar-refractivity contribution in [3.63, 3.8) is 0 Å². The van der Waals surface area contributed by atoms with Crippen molar-refractivity contribution >= 4 is 17.5 Å². The molecule has 1 fully saturated rings. The summed E-state index contributed by atoms with van der Waals surface area (Å²) < 4.78 is 19.2. The molecular formula is C13H15ClFNO2. The number of benzene rings is 1. The first kappa shape index (κ1) is 13.3. The molecule has 2 atom stereocenters. The molecule has 1 saturated heterocycles. The monoisotopic (exact) mass is 271 g/mol. The lowest BCUT2D eigenvalue weighted by molar-refractivity contribution is -0.0587. The topological polar surface area (TPSA) is 29.5 Å². The van der Waals surface area contributed by atoms with Gasteiger partial charge in [-0.2, -0.15) is 0 Å². The number of halogens is 2. The molecule has 0 aromatic heterocycles. The van der Waals surface area contributed by atoms with Crippen LogP contribution >= 0.6 is 11.6 Å². The van der Waals surface area contributed by atoms with Gasteiger partial charge < -0.3 is 9.64 Å². The molecule has 0 saturated carbocycles. The summed E-state index contributed by atoms with van der Waals surface area (Å²) in [4.78, 5) is 13.9. The van der Waals surface area contributed by atoms with Gasteiger partial charge in [0.2, 0.25) is 0 Å². The van der Waals surface area contributed by atoms with E-state index in [0.717, 1.165) is 0 Å². The van der Waals surface area contributed by atoms with Crippen molar-refractivity contribution in [3.05, 3.63) is 34.6 Å². The Morgan fingerprint density at radius 1 is 1.39 bits per heavy atom. The molecule has 1 heterocycles. The van der Waals surface area contributed by atoms with E-state index in [-0.39, 0.29) is 28.7 Å². The molecule has 1 aliphatic rings. The van der Waals surface area contributed by atoms with Crippen molar-refractivity contribution in [2.24, 2.45) is 0 Å². The summed E-state index contributed by atoms with van der Waals surface area (Å²) in [6.45, 7) is 4.68. The summed E-state index contributed by atoms with van der Waals surface area (Å²) in [7, 11) is 0. The number of morpholine rings is 1. The highest BCUT2D eigenvalue weighted by Crippen LogP contribution is 2.22. The van der Waals surface area contributed by atoms with Gasteiger partial charge in [0.15, 0.2) is 0 Å². The van der Waals surface area contributed by atoms with E-state index in [1.165, 1.54) is 18.2 Å². The lowest BCUT2D eigenvalue weighted by Crippen LogP contribution is -2.48. The van der Waals surface area contributed by atoms with Crippen LogP contribution in [0.15, 0.2) is 18.2 Å². The molecule has 0 radical (unpaired) electrons. The number of amides is 1. The SMILES string of the molecule is C[C@@H]1CN(C(=O)c2c(F)cccc2Cl)C[C@@H](C)O1. The van der Waals surface area contributed by atoms with Crippen LogP contribution in [0.1, 0.15) is 24.2 Å². The predicted molar refractivity (Wildman–Crippen MR) is 67.3 cm³/mol. The van der Waals surface area contributed by atoms with E-state index < -0.39 is 5.82 Å². The first-order valence-corrected chi connectivity index (χ1v) is 6.25. The number of hydrogen-bond donors (Lipinski definition) is 0. The highest BCUT2D eigenvalue weighted by atomic mass is 35.5. The van der Waals surface area contributed by atoms with Gasteiger partial charge >= 0.3 is 0 Å². The maximum Gasteiger partial charge on any atom is 0.258 e. The van der Waals surface area contributed by atoms with E-state index in [4.69, 9.17) is 16.3 Å². The Balaban J connectivity index is 2.26. The largest absolute Gasteiger partial charge is 0.372 e. The smallest absolute Gasteiger partial charge is 0.258 e. The van der Waals surface area contributed by atoms with Gasteiger partial charge in [-0.1, -0.05) is 17.7 Å². The zero-order chi connectivity index (χ0) is 13.3. The Labute approximate surface area is 110 Å². The number of ether oxygens (including phenoxy) is 1. The molecular weight excluding hydrogens is 257 g/mol. The summed E-state index contributed by atoms with van der Waals surface area (Å²) in [5.41, 5.74) is -0.0551. The zero-order valence-electron chi connectivity index (χ0n) is 10.3. The Morgan fingerprint density at radius 2 is 2.00 bits per heavy atom. The van der Waals surface area contributed by atoms with Gasteiger partial charge in [-0.05, 0) is 26.0 Å². The maximum atomic E-state index is 13.7. The van der Waals surface area contributed by atoms with Gasteiger partial charge in [-0.15, -0.1) is 0 Å². The lowest BCUT2D eigenvalue weighted by Gasteiger charge is -2.35. The number of carbonyl (C=O) groups is 1. The van der Waals surface area contributed by atoms with E-state index >= 15 is 0 Å². The fraction of sp³-hybridized carbons (Fsp3) is 0.462. The first-order valence-electron chi connectivity index (χ1n) is 5.87. The van der Waals surface area contributed by atoms with E-state index in [2.05, 4.69) is 0 Å². The molecule has 0 N–H and O–H groups in total. The van der Waals surface area contributed by atoms with Crippen LogP contribution in [-0.2, 0) is 4.74 Å². The Kier molecular flexibility index (Phi) is 3.88. The van der Waals surface area contributed by atoms with Crippen molar-refractivity contribution in [2.45, 2.75) is 26.1 Å². The van der Waals surface area contributed by atoms with Gasteiger partial charge in [-0.25, -0.2) is 4.39 Å². The van der Waals surface area contributed by atoms with E-state index in [1.54, 1.807) is 4.90 Å². The molecule has 2 rings (SSSR count). The highest BCUT2D eigenvalue weighted by Gasteiger charge is 2.29. The maximum absolute atomic E-state index is 13.7. The van der Waals surface area contributed by atoms with Crippen LogP contribution in [0.3, 0.4) is 0 Å². The first-order chi connectivity index (χ1) is 8.49. The average molecular weight is 272 g/mol. The third kappa shape index (κ3) is 2.65. The van der Waals surface area contributed by atoms with E-state index in [0.29, 0.717) is 13.1 Å². The van der Waals surface area contributed by atoms with Gasteiger partial charge in [0.05, 0.1) is 22.8 Å². The minimum absolute atomic E-state index is 0.0525. The van der Waals surface area contributed by atoms with E-state index in [9.17, 15) is 9.18 Å². The van der Waals surface area contributed by atoms with Crippen LogP contribution in [-0.4, -0.2) is 36.1 Å². The molecule has 5 heteroatoms. The third-order valence-electron chi connectivity index (χ3n) is 2.88. The van der Waals surface area contributed by atoms with Crippen molar-refractivity contribution in [1.29, 1.82) is 0 Å². The van der Waals surface area contributed by atoms with Crippen LogP contribution < -0.4 is 0 Å². The third-order valence-corrected chi connectivity index (χ3v) is 3.20. The molecule has 1 aromatic rings. The average Bonchev–Trinajstić information content (AvgIpc) is 2.27. The van der Waals surface area contributed by atoms with Gasteiger partial charge in [0.25, 0.3) is 5.91 Å². The minimum atomic E-state index is -0.584. The summed E-state index contributed by atoms with van der Waals surface area (Å²) in [5, 5.41) is 0.145. The van der Waals surface area contributed by atoms with Crippen molar-refractivity contribution in [2.75, 3.05) is 13.1 Å². The summed E-state index contributed by atoms with van der Waals surface area (Å²) in [5.74, 6) is -0.959. The second kappa shape index (κ2) is 5.24. The molecule has 1 amide bonds. The summed E-state index contributed by atoms with van der Waals surface area (Å²) in [6.07, 6.45) is -0.105. The zero-order valence-corrected chi connectivity index (χ0v) is 11.1. The van der Waals surface area contributed by atoms with Crippen LogP contribution in [0, 0.1) is 5.82 Å². The standard InChI is InChI=1S/C13H15ClFNO2/c1-8-6-16(7-9(2)18-8)13(17)12-10(14)4-3-5-11(12)15/h3-5,8-9H,6-7H2,1-2H3/t8-,9-/m1/s1. The Bertz CT molecular complexity index is 436. The van der Waals surface area contributed by atoms with Gasteiger partial charge in [0.1, 0.15) is 5.82 Å². The highest BCUT2D eigenvalue weighted by molar-refractivity contribution is 6.33. The fourth-order valence-electron chi connectivity index (χ4n) is 2.20. The quantitative estimate of drug-likeness (QED) is 0.786. The van der Waals surface area contributed by atoms with Crippen molar-refractivity contribution in [3.8, 4) is 0 Å². The molecule has 0 unspecified atom stereocenters. The fourth-order valence-corrected chi connectivity index (χ4v) is 2.45. The van der Waals surface area contributed by atoms with Crippen molar-refractivity contribution in [1.82, 2.24) is 4.90 Å². The molecule has 3 nitrogen and oxygen atoms in total. The van der Waals surface area contributed by atoms with Crippen molar-refractivity contribution < 1.29 is 13.9 Å². The molecule has 0 aliphatic carbocycles. The molecule has 1 aromatic carbocycles. The number of hydrogen-bond acceptors (Lipinski definition) is 2. The van der Waals surface area contributed by atoms with E-state index in [1.807, 2.05) is 13.8 Å². The summed E-state index contributed by atoms with van der Waals surface area (Å²) >= 11 is 5.90. The Morgan fingerprint density at radius 3 is 2.56 bits per heavy atom. The molecule has 98 valence electrons. The second-order valence-electron chi connectivity index (χ2n) is 4.56. The molecule has 0 spiro atoms. The number of carbonyl (C=O) groups excluding carboxylic acids is 1. The second-order valence-corrected chi connectivity index (χ2v) is 4.97. The molecule has 18 heavy (non-hydrogen) atoms. The van der Waals surface area contributed by atoms with Gasteiger partial charge in [-0.3, -0.25) is 4.79 Å². The van der Waals surface area contributed by atoms with Crippen LogP contribution in [0.4, 0.5) is 4.39 Å². The normalized spacial score (nSPS) is 24.1. The van der Waals surface area contributed by atoms with Crippen LogP contribution in [0.5, 0.6) is 0 Å². The summed E-state index contributed by atoms with van der Waals surface area (Å²) in [6, 6.07) is 4.25. The predicted octanol–water partition coefficient (Wildman–Crippen LogP) is 2.73.